The van der Waals surface area contributed by atoms with Crippen LogP contribution >= 0.6 is 0 Å². The second-order valence-electron chi connectivity index (χ2n) is 4.34. The number of allylic oxidation sites excluding steroid dienone is 1. The van der Waals surface area contributed by atoms with Gasteiger partial charge in [0.15, 0.2) is 0 Å². The lowest BCUT2D eigenvalue weighted by atomic mass is 9.84. The molecule has 5 heteroatoms. The maximum atomic E-state index is 11.0. The summed E-state index contributed by atoms with van der Waals surface area (Å²) in [5.74, 6) is -2.42. The van der Waals surface area contributed by atoms with Crippen LogP contribution in [0.2, 0.25) is 0 Å². The summed E-state index contributed by atoms with van der Waals surface area (Å²) in [5, 5.41) is 18.0. The van der Waals surface area contributed by atoms with Crippen LogP contribution in [0.4, 0.5) is 0 Å². The summed E-state index contributed by atoms with van der Waals surface area (Å²) >= 11 is 0. The topological polar surface area (TPSA) is 101 Å². The van der Waals surface area contributed by atoms with Crippen LogP contribution in [0.5, 0.6) is 0 Å². The van der Waals surface area contributed by atoms with Gasteiger partial charge in [0.05, 0.1) is 5.92 Å². The van der Waals surface area contributed by atoms with Gasteiger partial charge in [0.25, 0.3) is 0 Å². The fraction of sp³-hybridized carbons (Fsp3) is 0.455. The van der Waals surface area contributed by atoms with Crippen molar-refractivity contribution in [3.05, 3.63) is 23.3 Å². The van der Waals surface area contributed by atoms with Crippen molar-refractivity contribution < 1.29 is 19.8 Å². The summed E-state index contributed by atoms with van der Waals surface area (Å²) in [6.45, 7) is 0. The van der Waals surface area contributed by atoms with Crippen LogP contribution < -0.4 is 5.73 Å². The van der Waals surface area contributed by atoms with Crippen LogP contribution in [-0.4, -0.2) is 27.7 Å². The van der Waals surface area contributed by atoms with Crippen LogP contribution in [0.1, 0.15) is 19.3 Å². The van der Waals surface area contributed by atoms with Gasteiger partial charge in [-0.1, -0.05) is 17.7 Å². The molecule has 16 heavy (non-hydrogen) atoms. The first kappa shape index (κ1) is 10.9. The van der Waals surface area contributed by atoms with E-state index < -0.39 is 23.4 Å². The molecule has 86 valence electrons. The summed E-state index contributed by atoms with van der Waals surface area (Å²) in [4.78, 5) is 21.9. The molecule has 4 N–H and O–H groups in total. The number of hydrogen-bond donors (Lipinski definition) is 3. The molecule has 0 saturated heterocycles. The second kappa shape index (κ2) is 3.45. The summed E-state index contributed by atoms with van der Waals surface area (Å²) in [6, 6.07) is 0. The van der Waals surface area contributed by atoms with Crippen LogP contribution in [-0.2, 0) is 9.59 Å². The third-order valence-electron chi connectivity index (χ3n) is 3.28. The Bertz CT molecular complexity index is 424. The summed E-state index contributed by atoms with van der Waals surface area (Å²) in [5.41, 5.74) is 5.96. The molecule has 0 aromatic rings. The Kier molecular flexibility index (Phi) is 2.35. The predicted octanol–water partition coefficient (Wildman–Crippen LogP) is 0.520. The predicted molar refractivity (Wildman–Crippen MR) is 55.7 cm³/mol. The average molecular weight is 223 g/mol. The summed E-state index contributed by atoms with van der Waals surface area (Å²) < 4.78 is 0. The highest BCUT2D eigenvalue weighted by Gasteiger charge is 2.40. The molecule has 0 aliphatic heterocycles. The van der Waals surface area contributed by atoms with Gasteiger partial charge in [0, 0.05) is 6.42 Å². The molecule has 0 heterocycles. The van der Waals surface area contributed by atoms with E-state index in [-0.39, 0.29) is 6.42 Å². The zero-order valence-corrected chi connectivity index (χ0v) is 8.64. The van der Waals surface area contributed by atoms with Gasteiger partial charge in [-0.05, 0) is 18.4 Å². The van der Waals surface area contributed by atoms with Gasteiger partial charge in [-0.15, -0.1) is 0 Å². The monoisotopic (exact) mass is 223 g/mol. The van der Waals surface area contributed by atoms with E-state index in [9.17, 15) is 9.59 Å². The molecule has 2 aliphatic carbocycles. The Morgan fingerprint density at radius 2 is 2.12 bits per heavy atom. The lowest BCUT2D eigenvalue weighted by molar-refractivity contribution is -0.141. The molecule has 2 atom stereocenters. The molecule has 2 unspecified atom stereocenters. The molecular weight excluding hydrogens is 210 g/mol. The Balaban J connectivity index is 2.28. The minimum absolute atomic E-state index is 0.220. The van der Waals surface area contributed by atoms with Gasteiger partial charge in [0.1, 0.15) is 5.54 Å². The van der Waals surface area contributed by atoms with E-state index in [0.29, 0.717) is 12.8 Å². The van der Waals surface area contributed by atoms with Gasteiger partial charge in [-0.2, -0.15) is 0 Å². The standard InChI is InChI=1S/C11H13NO4/c12-11(10(15)16)4-3-7-6(5-11)1-2-8(7)9(13)14/h3-4,8H,1-2,5,12H2,(H,13,14)(H,15,16). The number of hydrogen-bond acceptors (Lipinski definition) is 3. The van der Waals surface area contributed by atoms with E-state index in [4.69, 9.17) is 15.9 Å². The van der Waals surface area contributed by atoms with Crippen molar-refractivity contribution in [3.63, 3.8) is 0 Å². The van der Waals surface area contributed by atoms with Crippen molar-refractivity contribution >= 4 is 11.9 Å². The quantitative estimate of drug-likeness (QED) is 0.633. The van der Waals surface area contributed by atoms with E-state index in [1.54, 1.807) is 6.08 Å². The van der Waals surface area contributed by atoms with E-state index in [1.165, 1.54) is 6.08 Å². The largest absolute Gasteiger partial charge is 0.481 e. The Labute approximate surface area is 92.2 Å². The number of carboxylic acids is 2. The highest BCUT2D eigenvalue weighted by atomic mass is 16.4. The molecule has 2 rings (SSSR count). The summed E-state index contributed by atoms with van der Waals surface area (Å²) in [6.07, 6.45) is 4.36. The first-order valence-electron chi connectivity index (χ1n) is 5.10. The molecule has 0 fully saturated rings. The van der Waals surface area contributed by atoms with Crippen LogP contribution in [0.3, 0.4) is 0 Å². The van der Waals surface area contributed by atoms with Gasteiger partial charge >= 0.3 is 11.9 Å². The Morgan fingerprint density at radius 1 is 1.44 bits per heavy atom. The molecule has 0 radical (unpaired) electrons. The normalized spacial score (nSPS) is 32.7. The third-order valence-corrected chi connectivity index (χ3v) is 3.28. The van der Waals surface area contributed by atoms with Gasteiger partial charge in [-0.25, -0.2) is 4.79 Å². The van der Waals surface area contributed by atoms with Crippen molar-refractivity contribution in [1.82, 2.24) is 0 Å². The van der Waals surface area contributed by atoms with Gasteiger partial charge in [0.2, 0.25) is 0 Å². The van der Waals surface area contributed by atoms with E-state index in [1.807, 2.05) is 0 Å². The fourth-order valence-corrected chi connectivity index (χ4v) is 2.34. The van der Waals surface area contributed by atoms with Gasteiger partial charge in [-0.3, -0.25) is 4.79 Å². The zero-order valence-electron chi connectivity index (χ0n) is 8.64. The van der Waals surface area contributed by atoms with E-state index >= 15 is 0 Å². The number of carboxylic acid groups (broad SMARTS) is 2. The van der Waals surface area contributed by atoms with Crippen molar-refractivity contribution in [2.45, 2.75) is 24.8 Å². The molecule has 0 amide bonds. The maximum absolute atomic E-state index is 11.0. The van der Waals surface area contributed by atoms with Crippen molar-refractivity contribution in [1.29, 1.82) is 0 Å². The zero-order chi connectivity index (χ0) is 11.9. The first-order valence-corrected chi connectivity index (χ1v) is 5.10. The lowest BCUT2D eigenvalue weighted by Crippen LogP contribution is -2.47. The van der Waals surface area contributed by atoms with Crippen molar-refractivity contribution in [2.75, 3.05) is 0 Å². The average Bonchev–Trinajstić information content (AvgIpc) is 2.59. The van der Waals surface area contributed by atoms with Gasteiger partial charge < -0.3 is 15.9 Å². The first-order chi connectivity index (χ1) is 7.44. The molecular formula is C11H13NO4. The fourth-order valence-electron chi connectivity index (χ4n) is 2.34. The highest BCUT2D eigenvalue weighted by Crippen LogP contribution is 2.40. The SMILES string of the molecule is NC1(C(=O)O)C=CC2=C(CCC2C(=O)O)C1. The van der Waals surface area contributed by atoms with E-state index in [2.05, 4.69) is 0 Å². The minimum Gasteiger partial charge on any atom is -0.481 e. The van der Waals surface area contributed by atoms with Crippen molar-refractivity contribution in [3.8, 4) is 0 Å². The number of aliphatic carboxylic acids is 2. The number of rotatable bonds is 2. The molecule has 0 aromatic carbocycles. The smallest absolute Gasteiger partial charge is 0.328 e. The van der Waals surface area contributed by atoms with Crippen LogP contribution in [0.15, 0.2) is 23.3 Å². The maximum Gasteiger partial charge on any atom is 0.328 e. The Hall–Kier alpha value is -1.62. The number of carbonyl (C=O) groups is 2. The van der Waals surface area contributed by atoms with E-state index in [0.717, 1.165) is 11.1 Å². The second-order valence-corrected chi connectivity index (χ2v) is 4.34. The molecule has 0 bridgehead atoms. The molecule has 5 nitrogen and oxygen atoms in total. The third kappa shape index (κ3) is 1.53. The molecule has 0 aromatic heterocycles. The Morgan fingerprint density at radius 3 is 2.69 bits per heavy atom. The highest BCUT2D eigenvalue weighted by molar-refractivity contribution is 5.84. The molecule has 2 aliphatic rings. The summed E-state index contributed by atoms with van der Waals surface area (Å²) in [7, 11) is 0. The molecule has 0 spiro atoms. The minimum atomic E-state index is -1.37. The molecule has 0 saturated carbocycles. The lowest BCUT2D eigenvalue weighted by Gasteiger charge is -2.25. The van der Waals surface area contributed by atoms with Crippen molar-refractivity contribution in [2.24, 2.45) is 11.7 Å². The van der Waals surface area contributed by atoms with Crippen LogP contribution in [0, 0.1) is 5.92 Å². The van der Waals surface area contributed by atoms with Crippen LogP contribution in [0.25, 0.3) is 0 Å². The number of nitrogens with two attached hydrogens (primary N) is 1.